The smallest absolute Gasteiger partial charge is 0.326 e. The first-order valence-electron chi connectivity index (χ1n) is 5.01. The Bertz CT molecular complexity index is 514. The number of nitrogens with one attached hydrogen (secondary N) is 1. The van der Waals surface area contributed by atoms with E-state index in [1.807, 2.05) is 0 Å². The zero-order chi connectivity index (χ0) is 14.6. The van der Waals surface area contributed by atoms with Gasteiger partial charge in [0, 0.05) is 15.1 Å². The van der Waals surface area contributed by atoms with E-state index in [9.17, 15) is 14.4 Å². The van der Waals surface area contributed by atoms with E-state index in [4.69, 9.17) is 21.8 Å². The van der Waals surface area contributed by atoms with Crippen LogP contribution in [0.15, 0.2) is 22.7 Å². The van der Waals surface area contributed by atoms with Crippen molar-refractivity contribution < 1.29 is 24.6 Å². The summed E-state index contributed by atoms with van der Waals surface area (Å²) < 4.78 is 0.551. The summed E-state index contributed by atoms with van der Waals surface area (Å²) in [6.45, 7) is 0. The van der Waals surface area contributed by atoms with Gasteiger partial charge in [0.05, 0.1) is 6.42 Å². The zero-order valence-electron chi connectivity index (χ0n) is 9.39. The molecule has 1 unspecified atom stereocenters. The molecule has 0 bridgehead atoms. The van der Waals surface area contributed by atoms with E-state index in [-0.39, 0.29) is 5.56 Å². The zero-order valence-corrected chi connectivity index (χ0v) is 11.7. The lowest BCUT2D eigenvalue weighted by molar-refractivity contribution is -0.145. The number of halogens is 2. The maximum Gasteiger partial charge on any atom is 0.326 e. The van der Waals surface area contributed by atoms with E-state index >= 15 is 0 Å². The van der Waals surface area contributed by atoms with Crippen LogP contribution in [-0.2, 0) is 9.59 Å². The first kappa shape index (κ1) is 15.5. The van der Waals surface area contributed by atoms with Crippen LogP contribution in [0.1, 0.15) is 16.8 Å². The highest BCUT2D eigenvalue weighted by Crippen LogP contribution is 2.19. The average molecular weight is 351 g/mol. The second-order valence-electron chi connectivity index (χ2n) is 3.62. The normalized spacial score (nSPS) is 11.7. The summed E-state index contributed by atoms with van der Waals surface area (Å²) >= 11 is 8.90. The highest BCUT2D eigenvalue weighted by Gasteiger charge is 2.23. The van der Waals surface area contributed by atoms with Crippen molar-refractivity contribution in [3.8, 4) is 0 Å². The third-order valence-corrected chi connectivity index (χ3v) is 2.78. The van der Waals surface area contributed by atoms with Crippen molar-refractivity contribution in [2.45, 2.75) is 12.5 Å². The number of carboxylic acid groups (broad SMARTS) is 2. The van der Waals surface area contributed by atoms with Gasteiger partial charge >= 0.3 is 11.9 Å². The Hall–Kier alpha value is -1.60. The molecule has 0 aliphatic carbocycles. The lowest BCUT2D eigenvalue weighted by Gasteiger charge is -2.12. The molecule has 102 valence electrons. The molecule has 1 aromatic carbocycles. The summed E-state index contributed by atoms with van der Waals surface area (Å²) in [5.74, 6) is -3.45. The van der Waals surface area contributed by atoms with Crippen LogP contribution in [0.3, 0.4) is 0 Å². The summed E-state index contributed by atoms with van der Waals surface area (Å²) in [5, 5.41) is 19.8. The molecule has 3 N–H and O–H groups in total. The summed E-state index contributed by atoms with van der Waals surface area (Å²) in [6.07, 6.45) is -0.706. The molecule has 1 aromatic rings. The monoisotopic (exact) mass is 349 g/mol. The Morgan fingerprint density at radius 1 is 1.26 bits per heavy atom. The third-order valence-electron chi connectivity index (χ3n) is 2.11. The maximum absolute atomic E-state index is 11.8. The predicted molar refractivity (Wildman–Crippen MR) is 70.3 cm³/mol. The number of carbonyl (C=O) groups excluding carboxylic acids is 1. The second-order valence-corrected chi connectivity index (χ2v) is 4.97. The van der Waals surface area contributed by atoms with Crippen molar-refractivity contribution in [1.29, 1.82) is 0 Å². The highest BCUT2D eigenvalue weighted by atomic mass is 79.9. The van der Waals surface area contributed by atoms with Crippen LogP contribution in [-0.4, -0.2) is 34.1 Å². The number of amides is 1. The van der Waals surface area contributed by atoms with E-state index in [1.54, 1.807) is 6.07 Å². The number of aliphatic carboxylic acids is 2. The molecular weight excluding hydrogens is 341 g/mol. The van der Waals surface area contributed by atoms with Crippen molar-refractivity contribution in [2.75, 3.05) is 0 Å². The first-order chi connectivity index (χ1) is 8.79. The summed E-state index contributed by atoms with van der Waals surface area (Å²) in [7, 11) is 0. The Kier molecular flexibility index (Phi) is 5.31. The molecule has 0 aliphatic heterocycles. The van der Waals surface area contributed by atoms with E-state index in [0.717, 1.165) is 0 Å². The molecule has 1 atom stereocenters. The summed E-state index contributed by atoms with van der Waals surface area (Å²) in [5.41, 5.74) is 0.135. The quantitative estimate of drug-likeness (QED) is 0.751. The van der Waals surface area contributed by atoms with Crippen LogP contribution in [0, 0.1) is 0 Å². The van der Waals surface area contributed by atoms with E-state index < -0.39 is 30.3 Å². The van der Waals surface area contributed by atoms with Crippen molar-refractivity contribution in [2.24, 2.45) is 0 Å². The molecule has 19 heavy (non-hydrogen) atoms. The van der Waals surface area contributed by atoms with Crippen LogP contribution in [0.4, 0.5) is 0 Å². The van der Waals surface area contributed by atoms with E-state index in [0.29, 0.717) is 9.50 Å². The van der Waals surface area contributed by atoms with Gasteiger partial charge in [0.25, 0.3) is 5.91 Å². The van der Waals surface area contributed by atoms with Crippen LogP contribution >= 0.6 is 27.5 Å². The minimum atomic E-state index is -1.50. The number of benzene rings is 1. The standard InChI is InChI=1S/C11H9BrClNO5/c12-6-1-5(2-7(13)3-6)10(17)14-8(11(18)19)4-9(15)16/h1-3,8H,4H2,(H,14,17)(H,15,16)(H,18,19). The molecule has 0 aliphatic rings. The number of hydrogen-bond donors (Lipinski definition) is 3. The van der Waals surface area contributed by atoms with Gasteiger partial charge in [-0.3, -0.25) is 9.59 Å². The fraction of sp³-hybridized carbons (Fsp3) is 0.182. The first-order valence-corrected chi connectivity index (χ1v) is 6.18. The molecule has 0 radical (unpaired) electrons. The molecule has 1 amide bonds. The molecule has 0 heterocycles. The summed E-state index contributed by atoms with van der Waals surface area (Å²) in [4.78, 5) is 33.1. The van der Waals surface area contributed by atoms with Gasteiger partial charge in [0.2, 0.25) is 0 Å². The molecular formula is C11H9BrClNO5. The Morgan fingerprint density at radius 2 is 1.89 bits per heavy atom. The Morgan fingerprint density at radius 3 is 2.37 bits per heavy atom. The fourth-order valence-corrected chi connectivity index (χ4v) is 2.16. The van der Waals surface area contributed by atoms with Crippen LogP contribution < -0.4 is 5.32 Å². The van der Waals surface area contributed by atoms with Crippen LogP contribution in [0.25, 0.3) is 0 Å². The molecule has 8 heteroatoms. The van der Waals surface area contributed by atoms with Crippen LogP contribution in [0.2, 0.25) is 5.02 Å². The molecule has 6 nitrogen and oxygen atoms in total. The van der Waals surface area contributed by atoms with Gasteiger partial charge in [0.1, 0.15) is 6.04 Å². The lowest BCUT2D eigenvalue weighted by Crippen LogP contribution is -2.42. The van der Waals surface area contributed by atoms with Gasteiger partial charge in [-0.15, -0.1) is 0 Å². The fourth-order valence-electron chi connectivity index (χ4n) is 1.30. The van der Waals surface area contributed by atoms with Crippen molar-refractivity contribution in [3.05, 3.63) is 33.3 Å². The highest BCUT2D eigenvalue weighted by molar-refractivity contribution is 9.10. The van der Waals surface area contributed by atoms with Gasteiger partial charge in [-0.1, -0.05) is 27.5 Å². The van der Waals surface area contributed by atoms with Crippen molar-refractivity contribution >= 4 is 45.4 Å². The van der Waals surface area contributed by atoms with Gasteiger partial charge < -0.3 is 15.5 Å². The third kappa shape index (κ3) is 4.88. The number of hydrogen-bond acceptors (Lipinski definition) is 3. The molecule has 0 spiro atoms. The van der Waals surface area contributed by atoms with Gasteiger partial charge in [-0.2, -0.15) is 0 Å². The van der Waals surface area contributed by atoms with Gasteiger partial charge in [0.15, 0.2) is 0 Å². The molecule has 1 rings (SSSR count). The number of carboxylic acids is 2. The maximum atomic E-state index is 11.8. The van der Waals surface area contributed by atoms with Crippen molar-refractivity contribution in [1.82, 2.24) is 5.32 Å². The summed E-state index contributed by atoms with van der Waals surface area (Å²) in [6, 6.07) is 2.86. The van der Waals surface area contributed by atoms with Crippen molar-refractivity contribution in [3.63, 3.8) is 0 Å². The predicted octanol–water partition coefficient (Wildman–Crippen LogP) is 1.76. The molecule has 0 aromatic heterocycles. The minimum absolute atomic E-state index is 0.135. The van der Waals surface area contributed by atoms with Gasteiger partial charge in [-0.25, -0.2) is 4.79 Å². The molecule has 0 fully saturated rings. The molecule has 0 saturated heterocycles. The van der Waals surface area contributed by atoms with Crippen LogP contribution in [0.5, 0.6) is 0 Å². The van der Waals surface area contributed by atoms with E-state index in [2.05, 4.69) is 21.2 Å². The van der Waals surface area contributed by atoms with Gasteiger partial charge in [-0.05, 0) is 18.2 Å². The van der Waals surface area contributed by atoms with E-state index in [1.165, 1.54) is 12.1 Å². The topological polar surface area (TPSA) is 104 Å². The lowest BCUT2D eigenvalue weighted by atomic mass is 10.1. The largest absolute Gasteiger partial charge is 0.481 e. The average Bonchev–Trinajstić information content (AvgIpc) is 2.25. The number of rotatable bonds is 5. The second kappa shape index (κ2) is 6.53. The number of carbonyl (C=O) groups is 3. The molecule has 0 saturated carbocycles. The minimum Gasteiger partial charge on any atom is -0.481 e. The SMILES string of the molecule is O=C(O)CC(NC(=O)c1cc(Cl)cc(Br)c1)C(=O)O. The Balaban J connectivity index is 2.87. The Labute approximate surface area is 121 Å².